The molecule has 4 rings (SSSR count). The first-order valence-electron chi connectivity index (χ1n) is 12.8. The fraction of sp³-hybridized carbons (Fsp3) is 0.448. The van der Waals surface area contributed by atoms with Gasteiger partial charge in [0.15, 0.2) is 0 Å². The fourth-order valence-corrected chi connectivity index (χ4v) is 6.64. The topological polar surface area (TPSA) is 92.1 Å². The molecule has 1 aliphatic heterocycles. The number of carboxylic acids is 1. The number of hydrogen-bond acceptors (Lipinski definition) is 7. The number of piperidine rings is 1. The predicted octanol–water partition coefficient (Wildman–Crippen LogP) is 6.07. The molecule has 2 heterocycles. The molecule has 38 heavy (non-hydrogen) atoms. The van der Waals surface area contributed by atoms with Gasteiger partial charge in [-0.2, -0.15) is 0 Å². The molecular formula is C29H35ClN2O5S. The Morgan fingerprint density at radius 3 is 2.66 bits per heavy atom. The van der Waals surface area contributed by atoms with E-state index in [1.165, 1.54) is 0 Å². The summed E-state index contributed by atoms with van der Waals surface area (Å²) in [5.74, 6) is 1.68. The summed E-state index contributed by atoms with van der Waals surface area (Å²) in [4.78, 5) is 19.7. The fourth-order valence-electron chi connectivity index (χ4n) is 5.33. The summed E-state index contributed by atoms with van der Waals surface area (Å²) in [5.41, 5.74) is 0.988. The number of carboxylic acid groups (broad SMARTS) is 1. The lowest BCUT2D eigenvalue weighted by molar-refractivity contribution is -0.141. The molecular weight excluding hydrogens is 524 g/mol. The van der Waals surface area contributed by atoms with Gasteiger partial charge in [-0.1, -0.05) is 23.7 Å². The van der Waals surface area contributed by atoms with Crippen LogP contribution < -0.4 is 9.47 Å². The van der Waals surface area contributed by atoms with Crippen LogP contribution in [0.25, 0.3) is 10.9 Å². The highest BCUT2D eigenvalue weighted by atomic mass is 35.5. The first-order valence-corrected chi connectivity index (χ1v) is 14.2. The number of pyridine rings is 1. The van der Waals surface area contributed by atoms with E-state index in [0.29, 0.717) is 29.2 Å². The highest BCUT2D eigenvalue weighted by Gasteiger charge is 2.37. The van der Waals surface area contributed by atoms with Crippen molar-refractivity contribution in [3.05, 3.63) is 59.2 Å². The summed E-state index contributed by atoms with van der Waals surface area (Å²) in [7, 11) is 3.28. The molecule has 1 aliphatic rings. The standard InChI is InChI=1S/C29H35ClN2O5S/c1-36-20-7-8-23-21(17-20)28(22(30)19-31-23)24(33)9-10-29(18-27(34)35)11-13-32(14-12-29)15-16-38-26-6-4-3-5-25(26)37-2/h3-8,17,19,24,33H,9-16,18H2,1-2H3,(H,34,35)/t24-/m0/s1. The van der Waals surface area contributed by atoms with Gasteiger partial charge in [-0.05, 0) is 74.5 Å². The number of fused-ring (bicyclic) bond motifs is 1. The van der Waals surface area contributed by atoms with E-state index >= 15 is 0 Å². The van der Waals surface area contributed by atoms with Gasteiger partial charge in [-0.15, -0.1) is 11.8 Å². The van der Waals surface area contributed by atoms with Crippen LogP contribution in [-0.4, -0.2) is 65.7 Å². The number of aliphatic carboxylic acids is 1. The molecule has 0 unspecified atom stereocenters. The van der Waals surface area contributed by atoms with Crippen LogP contribution in [0.1, 0.15) is 43.8 Å². The lowest BCUT2D eigenvalue weighted by Gasteiger charge is -2.41. The summed E-state index contributed by atoms with van der Waals surface area (Å²) >= 11 is 8.26. The molecule has 0 spiro atoms. The lowest BCUT2D eigenvalue weighted by Crippen LogP contribution is -2.42. The number of ether oxygens (including phenoxy) is 2. The maximum atomic E-state index is 11.8. The van der Waals surface area contributed by atoms with Gasteiger partial charge >= 0.3 is 5.97 Å². The van der Waals surface area contributed by atoms with Crippen molar-refractivity contribution in [3.63, 3.8) is 0 Å². The predicted molar refractivity (Wildman–Crippen MR) is 152 cm³/mol. The van der Waals surface area contributed by atoms with Gasteiger partial charge in [0.05, 0.1) is 37.3 Å². The monoisotopic (exact) mass is 558 g/mol. The minimum absolute atomic E-state index is 0.0994. The molecule has 1 saturated heterocycles. The van der Waals surface area contributed by atoms with Crippen LogP contribution >= 0.6 is 23.4 Å². The van der Waals surface area contributed by atoms with E-state index in [1.54, 1.807) is 32.2 Å². The van der Waals surface area contributed by atoms with Gasteiger partial charge in [0.25, 0.3) is 0 Å². The summed E-state index contributed by atoms with van der Waals surface area (Å²) in [6.45, 7) is 2.60. The van der Waals surface area contributed by atoms with Crippen LogP contribution in [0.4, 0.5) is 0 Å². The first-order chi connectivity index (χ1) is 18.3. The van der Waals surface area contributed by atoms with Gasteiger partial charge in [-0.3, -0.25) is 9.78 Å². The number of carbonyl (C=O) groups is 1. The number of hydrogen-bond donors (Lipinski definition) is 2. The van der Waals surface area contributed by atoms with E-state index in [-0.39, 0.29) is 11.8 Å². The molecule has 0 amide bonds. The maximum absolute atomic E-state index is 11.8. The number of benzene rings is 2. The molecule has 2 N–H and O–H groups in total. The van der Waals surface area contributed by atoms with Gasteiger partial charge in [0, 0.05) is 34.3 Å². The Labute approximate surface area is 233 Å². The van der Waals surface area contributed by atoms with Crippen LogP contribution in [0, 0.1) is 5.41 Å². The van der Waals surface area contributed by atoms with Crippen molar-refractivity contribution in [2.24, 2.45) is 5.41 Å². The van der Waals surface area contributed by atoms with Gasteiger partial charge < -0.3 is 24.6 Å². The Balaban J connectivity index is 1.38. The number of aromatic nitrogens is 1. The van der Waals surface area contributed by atoms with Crippen LogP contribution in [0.15, 0.2) is 53.6 Å². The summed E-state index contributed by atoms with van der Waals surface area (Å²) in [6, 6.07) is 13.5. The molecule has 0 aliphatic carbocycles. The Hall–Kier alpha value is -2.52. The number of methoxy groups -OCH3 is 2. The SMILES string of the molecule is COc1ccc2ncc(Cl)c([C@@H](O)CCC3(CC(=O)O)CCN(CCSc4ccccc4OC)CC3)c2c1. The number of rotatable bonds is 12. The van der Waals surface area contributed by atoms with Crippen molar-refractivity contribution in [3.8, 4) is 11.5 Å². The summed E-state index contributed by atoms with van der Waals surface area (Å²) < 4.78 is 10.8. The molecule has 2 aromatic carbocycles. The molecule has 0 radical (unpaired) electrons. The number of halogens is 1. The number of aliphatic hydroxyl groups excluding tert-OH is 1. The normalized spacial score (nSPS) is 16.3. The summed E-state index contributed by atoms with van der Waals surface area (Å²) in [5, 5.41) is 22.1. The van der Waals surface area contributed by atoms with E-state index in [9.17, 15) is 15.0 Å². The molecule has 1 fully saturated rings. The maximum Gasteiger partial charge on any atom is 0.303 e. The van der Waals surface area contributed by atoms with Crippen molar-refractivity contribution >= 4 is 40.2 Å². The number of thioether (sulfide) groups is 1. The average molecular weight is 559 g/mol. The molecule has 7 nitrogen and oxygen atoms in total. The molecule has 0 saturated carbocycles. The average Bonchev–Trinajstić information content (AvgIpc) is 2.92. The minimum Gasteiger partial charge on any atom is -0.497 e. The Morgan fingerprint density at radius 2 is 1.95 bits per heavy atom. The van der Waals surface area contributed by atoms with E-state index in [4.69, 9.17) is 21.1 Å². The van der Waals surface area contributed by atoms with E-state index < -0.39 is 12.1 Å². The number of para-hydroxylation sites is 1. The van der Waals surface area contributed by atoms with Crippen molar-refractivity contribution in [1.29, 1.82) is 0 Å². The highest BCUT2D eigenvalue weighted by molar-refractivity contribution is 7.99. The van der Waals surface area contributed by atoms with Crippen molar-refractivity contribution < 1.29 is 24.5 Å². The molecule has 3 aromatic rings. The molecule has 0 bridgehead atoms. The van der Waals surface area contributed by atoms with Gasteiger partial charge in [-0.25, -0.2) is 0 Å². The highest BCUT2D eigenvalue weighted by Crippen LogP contribution is 2.43. The number of likely N-dealkylation sites (tertiary alicyclic amines) is 1. The van der Waals surface area contributed by atoms with Crippen LogP contribution in [0.5, 0.6) is 11.5 Å². The Kier molecular flexibility index (Phi) is 9.76. The molecule has 204 valence electrons. The smallest absolute Gasteiger partial charge is 0.303 e. The van der Waals surface area contributed by atoms with Crippen LogP contribution in [0.3, 0.4) is 0 Å². The van der Waals surface area contributed by atoms with E-state index in [2.05, 4.69) is 16.0 Å². The quantitative estimate of drug-likeness (QED) is 0.259. The Morgan fingerprint density at radius 1 is 1.18 bits per heavy atom. The zero-order valence-corrected chi connectivity index (χ0v) is 23.4. The zero-order valence-electron chi connectivity index (χ0n) is 21.9. The summed E-state index contributed by atoms with van der Waals surface area (Å²) in [6.07, 6.45) is 3.42. The zero-order chi connectivity index (χ0) is 27.1. The van der Waals surface area contributed by atoms with Gasteiger partial charge in [0.2, 0.25) is 0 Å². The van der Waals surface area contributed by atoms with Gasteiger partial charge in [0.1, 0.15) is 11.5 Å². The van der Waals surface area contributed by atoms with E-state index in [0.717, 1.165) is 59.8 Å². The second-order valence-corrected chi connectivity index (χ2v) is 11.4. The van der Waals surface area contributed by atoms with Crippen LogP contribution in [-0.2, 0) is 4.79 Å². The largest absolute Gasteiger partial charge is 0.497 e. The van der Waals surface area contributed by atoms with Crippen molar-refractivity contribution in [2.75, 3.05) is 39.6 Å². The molecule has 9 heteroatoms. The minimum atomic E-state index is -0.832. The third-order valence-corrected chi connectivity index (χ3v) is 8.86. The third kappa shape index (κ3) is 6.91. The van der Waals surface area contributed by atoms with Crippen molar-refractivity contribution in [1.82, 2.24) is 9.88 Å². The second-order valence-electron chi connectivity index (χ2n) is 9.87. The number of aliphatic hydroxyl groups is 1. The lowest BCUT2D eigenvalue weighted by atomic mass is 9.71. The first kappa shape index (κ1) is 28.5. The van der Waals surface area contributed by atoms with Crippen molar-refractivity contribution in [2.45, 2.75) is 43.1 Å². The Bertz CT molecular complexity index is 1250. The number of nitrogens with zero attached hydrogens (tertiary/aromatic N) is 2. The molecule has 1 atom stereocenters. The second kappa shape index (κ2) is 13.0. The van der Waals surface area contributed by atoms with Crippen LogP contribution in [0.2, 0.25) is 5.02 Å². The van der Waals surface area contributed by atoms with E-state index in [1.807, 2.05) is 36.4 Å². The third-order valence-electron chi connectivity index (χ3n) is 7.53. The molecule has 1 aromatic heterocycles.